The van der Waals surface area contributed by atoms with Gasteiger partial charge < -0.3 is 24.4 Å². The van der Waals surface area contributed by atoms with Crippen molar-refractivity contribution in [3.63, 3.8) is 0 Å². The summed E-state index contributed by atoms with van der Waals surface area (Å²) in [7, 11) is 3.43. The standard InChI is InChI=1S/C10H19NO3.C5H11NO.2C2H6/c1-10(2,3)14-9(12)11-5-8(6-11)7-13-4;1-7-4-5-2-6-3-5;2*1-2/h8H,5-7H2,1-4H3;5-6H,2-4H2,1H3;2*1-2H3. The summed E-state index contributed by atoms with van der Waals surface area (Å²) in [6.45, 7) is 19.1. The van der Waals surface area contributed by atoms with Gasteiger partial charge in [0.2, 0.25) is 0 Å². The summed E-state index contributed by atoms with van der Waals surface area (Å²) in [6, 6.07) is 0. The molecule has 0 atom stereocenters. The van der Waals surface area contributed by atoms with Crippen molar-refractivity contribution in [2.45, 2.75) is 54.1 Å². The van der Waals surface area contributed by atoms with Gasteiger partial charge in [0.25, 0.3) is 0 Å². The quantitative estimate of drug-likeness (QED) is 0.830. The molecule has 0 radical (unpaired) electrons. The molecule has 2 saturated heterocycles. The Bertz CT molecular complexity index is 309. The van der Waals surface area contributed by atoms with Crippen LogP contribution < -0.4 is 5.32 Å². The molecule has 0 bridgehead atoms. The molecule has 0 spiro atoms. The van der Waals surface area contributed by atoms with E-state index in [9.17, 15) is 4.79 Å². The molecule has 2 rings (SSSR count). The maximum atomic E-state index is 11.5. The third-order valence-electron chi connectivity index (χ3n) is 3.28. The molecule has 2 aliphatic rings. The van der Waals surface area contributed by atoms with E-state index >= 15 is 0 Å². The molecule has 6 nitrogen and oxygen atoms in total. The molecule has 2 heterocycles. The first-order chi connectivity index (χ1) is 11.9. The van der Waals surface area contributed by atoms with Crippen molar-refractivity contribution in [3.05, 3.63) is 0 Å². The molecule has 6 heteroatoms. The van der Waals surface area contributed by atoms with Crippen LogP contribution in [0.25, 0.3) is 0 Å². The number of hydrogen-bond donors (Lipinski definition) is 1. The number of amides is 1. The number of methoxy groups -OCH3 is 2. The van der Waals surface area contributed by atoms with Gasteiger partial charge in [-0.15, -0.1) is 0 Å². The number of carbonyl (C=O) groups excluding carboxylic acids is 1. The molecule has 2 aliphatic heterocycles. The van der Waals surface area contributed by atoms with Crippen LogP contribution in [0.3, 0.4) is 0 Å². The Labute approximate surface area is 155 Å². The number of ether oxygens (including phenoxy) is 3. The lowest BCUT2D eigenvalue weighted by Gasteiger charge is -2.39. The third-order valence-corrected chi connectivity index (χ3v) is 3.28. The molecule has 0 aromatic carbocycles. The lowest BCUT2D eigenvalue weighted by molar-refractivity contribution is -0.0144. The van der Waals surface area contributed by atoms with Gasteiger partial charge in [-0.3, -0.25) is 0 Å². The van der Waals surface area contributed by atoms with Crippen molar-refractivity contribution in [1.82, 2.24) is 10.2 Å². The predicted octanol–water partition coefficient (Wildman–Crippen LogP) is 3.40. The zero-order chi connectivity index (χ0) is 19.9. The normalized spacial score (nSPS) is 16.6. The molecule has 0 unspecified atom stereocenters. The highest BCUT2D eigenvalue weighted by Crippen LogP contribution is 2.19. The number of rotatable bonds is 4. The van der Waals surface area contributed by atoms with E-state index in [0.29, 0.717) is 5.92 Å². The summed E-state index contributed by atoms with van der Waals surface area (Å²) < 4.78 is 15.1. The molecule has 0 saturated carbocycles. The van der Waals surface area contributed by atoms with Gasteiger partial charge in [-0.2, -0.15) is 0 Å². The monoisotopic (exact) mass is 362 g/mol. The van der Waals surface area contributed by atoms with Gasteiger partial charge in [0, 0.05) is 52.2 Å². The van der Waals surface area contributed by atoms with E-state index in [2.05, 4.69) is 5.32 Å². The van der Waals surface area contributed by atoms with Crippen LogP contribution in [-0.2, 0) is 14.2 Å². The van der Waals surface area contributed by atoms with Crippen LogP contribution in [0.15, 0.2) is 0 Å². The minimum Gasteiger partial charge on any atom is -0.444 e. The second kappa shape index (κ2) is 15.4. The van der Waals surface area contributed by atoms with E-state index in [0.717, 1.165) is 45.3 Å². The topological polar surface area (TPSA) is 60.0 Å². The Hall–Kier alpha value is -0.850. The Morgan fingerprint density at radius 3 is 1.68 bits per heavy atom. The second-order valence-electron chi connectivity index (χ2n) is 6.69. The van der Waals surface area contributed by atoms with E-state index in [1.807, 2.05) is 48.5 Å². The fourth-order valence-electron chi connectivity index (χ4n) is 2.09. The minimum atomic E-state index is -0.399. The maximum Gasteiger partial charge on any atom is 0.410 e. The molecule has 0 aromatic rings. The van der Waals surface area contributed by atoms with E-state index in [4.69, 9.17) is 14.2 Å². The molecule has 0 aromatic heterocycles. The molecule has 0 aliphatic carbocycles. The molecule has 2 fully saturated rings. The fraction of sp³-hybridized carbons (Fsp3) is 0.947. The second-order valence-corrected chi connectivity index (χ2v) is 6.69. The molecular formula is C19H42N2O4. The van der Waals surface area contributed by atoms with E-state index in [1.165, 1.54) is 0 Å². The largest absolute Gasteiger partial charge is 0.444 e. The van der Waals surface area contributed by atoms with Crippen molar-refractivity contribution in [3.8, 4) is 0 Å². The van der Waals surface area contributed by atoms with Crippen LogP contribution in [-0.4, -0.2) is 70.2 Å². The van der Waals surface area contributed by atoms with E-state index in [-0.39, 0.29) is 6.09 Å². The smallest absolute Gasteiger partial charge is 0.410 e. The fourth-order valence-corrected chi connectivity index (χ4v) is 2.09. The van der Waals surface area contributed by atoms with Gasteiger partial charge in [-0.05, 0) is 20.8 Å². The number of nitrogens with one attached hydrogen (secondary N) is 1. The molecule has 25 heavy (non-hydrogen) atoms. The summed E-state index contributed by atoms with van der Waals surface area (Å²) in [5, 5.41) is 3.17. The van der Waals surface area contributed by atoms with Gasteiger partial charge in [-0.1, -0.05) is 27.7 Å². The molecule has 152 valence electrons. The SMILES string of the molecule is CC.CC.COCC1CN(C(=O)OC(C)(C)C)C1.COCC1CNC1. The first-order valence-corrected chi connectivity index (χ1v) is 9.52. The van der Waals surface area contributed by atoms with E-state index in [1.54, 1.807) is 19.1 Å². The zero-order valence-corrected chi connectivity index (χ0v) is 18.0. The van der Waals surface area contributed by atoms with Crippen LogP contribution in [0.4, 0.5) is 4.79 Å². The Balaban J connectivity index is 0. The summed E-state index contributed by atoms with van der Waals surface area (Å²) in [4.78, 5) is 13.2. The summed E-state index contributed by atoms with van der Waals surface area (Å²) in [5.41, 5.74) is -0.399. The Kier molecular flexibility index (Phi) is 16.3. The van der Waals surface area contributed by atoms with Crippen molar-refractivity contribution in [2.75, 3.05) is 53.6 Å². The van der Waals surface area contributed by atoms with Gasteiger partial charge in [0.15, 0.2) is 0 Å². The summed E-state index contributed by atoms with van der Waals surface area (Å²) >= 11 is 0. The van der Waals surface area contributed by atoms with Crippen molar-refractivity contribution >= 4 is 6.09 Å². The number of carbonyl (C=O) groups is 1. The predicted molar refractivity (Wildman–Crippen MR) is 104 cm³/mol. The molecular weight excluding hydrogens is 320 g/mol. The van der Waals surface area contributed by atoms with Crippen LogP contribution in [0.2, 0.25) is 0 Å². The third kappa shape index (κ3) is 13.1. The average molecular weight is 363 g/mol. The van der Waals surface area contributed by atoms with Crippen molar-refractivity contribution in [1.29, 1.82) is 0 Å². The number of hydrogen-bond acceptors (Lipinski definition) is 5. The lowest BCUT2D eigenvalue weighted by atomic mass is 10.0. The minimum absolute atomic E-state index is 0.218. The number of likely N-dealkylation sites (tertiary alicyclic amines) is 1. The molecule has 1 amide bonds. The van der Waals surface area contributed by atoms with Gasteiger partial charge >= 0.3 is 6.09 Å². The Morgan fingerprint density at radius 1 is 0.960 bits per heavy atom. The summed E-state index contributed by atoms with van der Waals surface area (Å²) in [5.74, 6) is 1.28. The highest BCUT2D eigenvalue weighted by atomic mass is 16.6. The Morgan fingerprint density at radius 2 is 1.40 bits per heavy atom. The van der Waals surface area contributed by atoms with Crippen molar-refractivity contribution < 1.29 is 19.0 Å². The van der Waals surface area contributed by atoms with Gasteiger partial charge in [-0.25, -0.2) is 4.79 Å². The highest BCUT2D eigenvalue weighted by Gasteiger charge is 2.33. The van der Waals surface area contributed by atoms with Crippen LogP contribution in [0.1, 0.15) is 48.5 Å². The number of nitrogens with zero attached hydrogens (tertiary/aromatic N) is 1. The highest BCUT2D eigenvalue weighted by molar-refractivity contribution is 5.69. The van der Waals surface area contributed by atoms with Crippen LogP contribution in [0, 0.1) is 11.8 Å². The molecule has 1 N–H and O–H groups in total. The first kappa shape index (κ1) is 26.4. The van der Waals surface area contributed by atoms with E-state index < -0.39 is 5.60 Å². The summed E-state index contributed by atoms with van der Waals surface area (Å²) in [6.07, 6.45) is -0.218. The van der Waals surface area contributed by atoms with Crippen molar-refractivity contribution in [2.24, 2.45) is 11.8 Å². The van der Waals surface area contributed by atoms with Gasteiger partial charge in [0.05, 0.1) is 13.2 Å². The maximum absolute atomic E-state index is 11.5. The zero-order valence-electron chi connectivity index (χ0n) is 18.0. The lowest BCUT2D eigenvalue weighted by Crippen LogP contribution is -2.52. The van der Waals surface area contributed by atoms with Gasteiger partial charge in [0.1, 0.15) is 5.60 Å². The van der Waals surface area contributed by atoms with Crippen LogP contribution >= 0.6 is 0 Å². The average Bonchev–Trinajstić information content (AvgIpc) is 2.49. The van der Waals surface area contributed by atoms with Crippen LogP contribution in [0.5, 0.6) is 0 Å². The first-order valence-electron chi connectivity index (χ1n) is 9.52.